The van der Waals surface area contributed by atoms with Gasteiger partial charge in [-0.3, -0.25) is 14.9 Å². The van der Waals surface area contributed by atoms with E-state index in [0.29, 0.717) is 17.9 Å². The third kappa shape index (κ3) is 5.23. The molecule has 1 amide bonds. The summed E-state index contributed by atoms with van der Waals surface area (Å²) in [4.78, 5) is 21.2. The van der Waals surface area contributed by atoms with E-state index in [1.807, 2.05) is 6.92 Å². The third-order valence-corrected chi connectivity index (χ3v) is 5.60. The molecule has 21 heavy (non-hydrogen) atoms. The quantitative estimate of drug-likeness (QED) is 0.541. The Morgan fingerprint density at radius 2 is 2.14 bits per heavy atom. The van der Waals surface area contributed by atoms with E-state index in [1.165, 1.54) is 0 Å². The first-order valence-corrected chi connectivity index (χ1v) is 8.65. The molecule has 118 valence electrons. The molecular weight excluding hydrogens is 342 g/mol. The van der Waals surface area contributed by atoms with Gasteiger partial charge in [0.25, 0.3) is 5.69 Å². The van der Waals surface area contributed by atoms with Gasteiger partial charge >= 0.3 is 0 Å². The van der Waals surface area contributed by atoms with Gasteiger partial charge in [0.05, 0.1) is 4.92 Å². The molecule has 1 aromatic rings. The van der Waals surface area contributed by atoms with E-state index in [9.17, 15) is 23.3 Å². The van der Waals surface area contributed by atoms with E-state index in [2.05, 4.69) is 10.0 Å². The summed E-state index contributed by atoms with van der Waals surface area (Å²) in [7, 11) is -3.91. The molecule has 0 fully saturated rings. The van der Waals surface area contributed by atoms with E-state index >= 15 is 0 Å². The van der Waals surface area contributed by atoms with Gasteiger partial charge in [-0.15, -0.1) is 11.3 Å². The number of hydrogen-bond donors (Lipinski definition) is 2. The van der Waals surface area contributed by atoms with E-state index in [1.54, 1.807) is 0 Å². The Kier molecular flexibility index (Phi) is 6.52. The van der Waals surface area contributed by atoms with Gasteiger partial charge in [-0.05, 0) is 6.42 Å². The molecule has 0 atom stereocenters. The molecule has 0 aromatic carbocycles. The Morgan fingerprint density at radius 1 is 1.48 bits per heavy atom. The van der Waals surface area contributed by atoms with Crippen molar-refractivity contribution in [3.63, 3.8) is 0 Å². The number of carbonyl (C=O) groups is 1. The Balaban J connectivity index is 2.64. The fourth-order valence-corrected chi connectivity index (χ4v) is 4.06. The lowest BCUT2D eigenvalue weighted by Crippen LogP contribution is -2.30. The summed E-state index contributed by atoms with van der Waals surface area (Å²) in [5.74, 6) is -0.269. The Hall–Kier alpha value is -1.23. The second-order valence-corrected chi connectivity index (χ2v) is 7.63. The molecule has 0 bridgehead atoms. The van der Waals surface area contributed by atoms with Crippen LogP contribution >= 0.6 is 22.9 Å². The van der Waals surface area contributed by atoms with Gasteiger partial charge in [-0.1, -0.05) is 18.5 Å². The first-order chi connectivity index (χ1) is 9.77. The molecule has 0 aliphatic carbocycles. The number of nitrogens with zero attached hydrogens (tertiary/aromatic N) is 1. The highest BCUT2D eigenvalue weighted by atomic mass is 35.5. The zero-order chi connectivity index (χ0) is 16.0. The highest BCUT2D eigenvalue weighted by molar-refractivity contribution is 7.91. The van der Waals surface area contributed by atoms with Crippen molar-refractivity contribution < 1.29 is 18.1 Å². The summed E-state index contributed by atoms with van der Waals surface area (Å²) in [5, 5.41) is 13.2. The standard InChI is InChI=1S/C10H14ClN3O5S2/c1-2-4-12-8(15)3-5-13-21(18,19)9-6-7(14(16)17)10(11)20-9/h6,13H,2-5H2,1H3,(H,12,15). The minimum absolute atomic E-state index is 0.0135. The monoisotopic (exact) mass is 355 g/mol. The van der Waals surface area contributed by atoms with Crippen molar-refractivity contribution in [3.8, 4) is 0 Å². The highest BCUT2D eigenvalue weighted by Crippen LogP contribution is 2.35. The summed E-state index contributed by atoms with van der Waals surface area (Å²) in [5.41, 5.74) is -0.456. The first-order valence-electron chi connectivity index (χ1n) is 5.98. The van der Waals surface area contributed by atoms with Crippen LogP contribution in [0.5, 0.6) is 0 Å². The van der Waals surface area contributed by atoms with Crippen LogP contribution in [0.15, 0.2) is 10.3 Å². The molecule has 11 heteroatoms. The third-order valence-electron chi connectivity index (χ3n) is 2.32. The van der Waals surface area contributed by atoms with Crippen LogP contribution in [0.2, 0.25) is 4.34 Å². The SMILES string of the molecule is CCCNC(=O)CCNS(=O)(=O)c1cc([N+](=O)[O-])c(Cl)s1. The summed E-state index contributed by atoms with van der Waals surface area (Å²) in [6.45, 7) is 2.33. The van der Waals surface area contributed by atoms with Crippen LogP contribution in [0.4, 0.5) is 5.69 Å². The van der Waals surface area contributed by atoms with Gasteiger partial charge in [-0.25, -0.2) is 13.1 Å². The van der Waals surface area contributed by atoms with Gasteiger partial charge in [-0.2, -0.15) is 0 Å². The van der Waals surface area contributed by atoms with Crippen molar-refractivity contribution in [1.29, 1.82) is 0 Å². The number of nitro groups is 1. The Morgan fingerprint density at radius 3 is 2.67 bits per heavy atom. The number of thiophene rings is 1. The van der Waals surface area contributed by atoms with Gasteiger partial charge in [0.2, 0.25) is 15.9 Å². The van der Waals surface area contributed by atoms with Crippen LogP contribution in [0, 0.1) is 10.1 Å². The molecule has 2 N–H and O–H groups in total. The van der Waals surface area contributed by atoms with E-state index < -0.39 is 20.6 Å². The van der Waals surface area contributed by atoms with Crippen molar-refractivity contribution in [2.24, 2.45) is 0 Å². The fraction of sp³-hybridized carbons (Fsp3) is 0.500. The number of hydrogen-bond acceptors (Lipinski definition) is 6. The molecule has 1 heterocycles. The summed E-state index contributed by atoms with van der Waals surface area (Å²) in [6.07, 6.45) is 0.773. The molecule has 0 radical (unpaired) electrons. The molecule has 0 unspecified atom stereocenters. The summed E-state index contributed by atoms with van der Waals surface area (Å²) in [6, 6.07) is 0.895. The molecule has 1 rings (SSSR count). The van der Waals surface area contributed by atoms with E-state index in [0.717, 1.165) is 12.5 Å². The normalized spacial score (nSPS) is 11.3. The van der Waals surface area contributed by atoms with E-state index in [4.69, 9.17) is 11.6 Å². The minimum Gasteiger partial charge on any atom is -0.356 e. The average molecular weight is 356 g/mol. The van der Waals surface area contributed by atoms with Gasteiger partial charge < -0.3 is 5.32 Å². The minimum atomic E-state index is -3.91. The number of carbonyl (C=O) groups excluding carboxylic acids is 1. The van der Waals surface area contributed by atoms with Crippen LogP contribution in [0.1, 0.15) is 19.8 Å². The molecule has 0 saturated heterocycles. The highest BCUT2D eigenvalue weighted by Gasteiger charge is 2.25. The van der Waals surface area contributed by atoms with Crippen molar-refractivity contribution >= 4 is 44.6 Å². The molecule has 0 aliphatic heterocycles. The Bertz CT molecular complexity index is 629. The zero-order valence-corrected chi connectivity index (χ0v) is 13.5. The predicted octanol–water partition coefficient (Wildman–Crippen LogP) is 1.50. The number of nitrogens with one attached hydrogen (secondary N) is 2. The van der Waals surface area contributed by atoms with E-state index in [-0.39, 0.29) is 27.4 Å². The van der Waals surface area contributed by atoms with Crippen LogP contribution < -0.4 is 10.0 Å². The van der Waals surface area contributed by atoms with Crippen molar-refractivity contribution in [2.75, 3.05) is 13.1 Å². The molecule has 1 aromatic heterocycles. The lowest BCUT2D eigenvalue weighted by atomic mass is 10.4. The lowest BCUT2D eigenvalue weighted by Gasteiger charge is -2.05. The maximum Gasteiger partial charge on any atom is 0.300 e. The van der Waals surface area contributed by atoms with Gasteiger partial charge in [0.1, 0.15) is 4.21 Å². The number of halogens is 1. The number of amides is 1. The average Bonchev–Trinajstić information content (AvgIpc) is 2.79. The molecule has 0 saturated carbocycles. The maximum absolute atomic E-state index is 11.9. The van der Waals surface area contributed by atoms with Crippen LogP contribution in [0.25, 0.3) is 0 Å². The second-order valence-electron chi connectivity index (χ2n) is 3.98. The molecular formula is C10H14ClN3O5S2. The largest absolute Gasteiger partial charge is 0.356 e. The topological polar surface area (TPSA) is 118 Å². The lowest BCUT2D eigenvalue weighted by molar-refractivity contribution is -0.384. The fourth-order valence-electron chi connectivity index (χ4n) is 1.32. The first kappa shape index (κ1) is 17.8. The second kappa shape index (κ2) is 7.69. The van der Waals surface area contributed by atoms with Crippen molar-refractivity contribution in [2.45, 2.75) is 24.0 Å². The van der Waals surface area contributed by atoms with Crippen LogP contribution in [0.3, 0.4) is 0 Å². The van der Waals surface area contributed by atoms with Crippen LogP contribution in [-0.4, -0.2) is 32.3 Å². The smallest absolute Gasteiger partial charge is 0.300 e. The maximum atomic E-state index is 11.9. The summed E-state index contributed by atoms with van der Waals surface area (Å²) >= 11 is 6.20. The van der Waals surface area contributed by atoms with Crippen LogP contribution in [-0.2, 0) is 14.8 Å². The van der Waals surface area contributed by atoms with Crippen molar-refractivity contribution in [1.82, 2.24) is 10.0 Å². The number of rotatable bonds is 8. The van der Waals surface area contributed by atoms with Gasteiger partial charge in [0, 0.05) is 25.6 Å². The summed E-state index contributed by atoms with van der Waals surface area (Å²) < 4.78 is 25.5. The Labute approximate surface area is 130 Å². The predicted molar refractivity (Wildman–Crippen MR) is 79.1 cm³/mol. The molecule has 0 aliphatic rings. The molecule has 8 nitrogen and oxygen atoms in total. The van der Waals surface area contributed by atoms with Crippen molar-refractivity contribution in [3.05, 3.63) is 20.5 Å². The van der Waals surface area contributed by atoms with Gasteiger partial charge in [0.15, 0.2) is 4.34 Å². The number of sulfonamides is 1. The molecule has 0 spiro atoms. The zero-order valence-electron chi connectivity index (χ0n) is 11.1.